The largest absolute Gasteiger partial charge is 0.497 e. The van der Waals surface area contributed by atoms with Crippen LogP contribution in [-0.4, -0.2) is 19.3 Å². The molecule has 0 atom stereocenters. The third-order valence-corrected chi connectivity index (χ3v) is 4.86. The number of benzene rings is 2. The van der Waals surface area contributed by atoms with Crippen LogP contribution in [0.5, 0.6) is 11.5 Å². The Hall–Kier alpha value is -1.59. The maximum atomic E-state index is 5.94. The lowest BCUT2D eigenvalue weighted by Gasteiger charge is -2.24. The monoisotopic (exact) mass is 407 g/mol. The number of anilines is 1. The van der Waals surface area contributed by atoms with Crippen molar-refractivity contribution in [3.8, 4) is 11.5 Å². The SMILES string of the molecule is COc1cccc(N(C)C(=S)Oc2cccc(C(C)(C)C)c2Br)c1. The van der Waals surface area contributed by atoms with Crippen LogP contribution < -0.4 is 14.4 Å². The van der Waals surface area contributed by atoms with Crippen molar-refractivity contribution in [3.05, 3.63) is 52.5 Å². The van der Waals surface area contributed by atoms with Gasteiger partial charge in [-0.2, -0.15) is 0 Å². The second-order valence-electron chi connectivity index (χ2n) is 6.50. The smallest absolute Gasteiger partial charge is 0.269 e. The maximum absolute atomic E-state index is 5.94. The molecule has 3 nitrogen and oxygen atoms in total. The van der Waals surface area contributed by atoms with Gasteiger partial charge in [0.05, 0.1) is 11.6 Å². The quantitative estimate of drug-likeness (QED) is 0.621. The molecule has 0 aliphatic heterocycles. The van der Waals surface area contributed by atoms with Crippen LogP contribution in [0.1, 0.15) is 26.3 Å². The van der Waals surface area contributed by atoms with Crippen molar-refractivity contribution in [3.63, 3.8) is 0 Å². The molecule has 0 radical (unpaired) electrons. The first-order valence-electron chi connectivity index (χ1n) is 7.62. The number of thiocarbonyl (C=S) groups is 1. The van der Waals surface area contributed by atoms with E-state index in [0.717, 1.165) is 15.9 Å². The van der Waals surface area contributed by atoms with Crippen LogP contribution in [0.15, 0.2) is 46.9 Å². The Balaban J connectivity index is 2.23. The minimum absolute atomic E-state index is 0.0124. The number of rotatable bonds is 3. The second kappa shape index (κ2) is 7.53. The summed E-state index contributed by atoms with van der Waals surface area (Å²) in [6.45, 7) is 6.49. The molecule has 0 aliphatic carbocycles. The van der Waals surface area contributed by atoms with Crippen LogP contribution in [0.25, 0.3) is 0 Å². The Labute approximate surface area is 157 Å². The van der Waals surface area contributed by atoms with E-state index in [1.165, 1.54) is 5.56 Å². The van der Waals surface area contributed by atoms with E-state index in [1.807, 2.05) is 48.3 Å². The van der Waals surface area contributed by atoms with Gasteiger partial charge in [-0.3, -0.25) is 0 Å². The van der Waals surface area contributed by atoms with Crippen molar-refractivity contribution >= 4 is 39.0 Å². The minimum atomic E-state index is 0.0124. The Kier molecular flexibility index (Phi) is 5.88. The molecule has 0 saturated carbocycles. The topological polar surface area (TPSA) is 21.7 Å². The minimum Gasteiger partial charge on any atom is -0.497 e. The van der Waals surface area contributed by atoms with E-state index in [-0.39, 0.29) is 5.41 Å². The summed E-state index contributed by atoms with van der Waals surface area (Å²) in [6.07, 6.45) is 0. The number of methoxy groups -OCH3 is 1. The van der Waals surface area contributed by atoms with E-state index in [0.29, 0.717) is 10.9 Å². The van der Waals surface area contributed by atoms with Crippen LogP contribution in [0.4, 0.5) is 5.69 Å². The average Bonchev–Trinajstić information content (AvgIpc) is 2.55. The predicted molar refractivity (Wildman–Crippen MR) is 107 cm³/mol. The van der Waals surface area contributed by atoms with E-state index in [2.05, 4.69) is 42.8 Å². The van der Waals surface area contributed by atoms with Crippen LogP contribution in [-0.2, 0) is 5.41 Å². The number of ether oxygens (including phenoxy) is 2. The van der Waals surface area contributed by atoms with Crippen molar-refractivity contribution in [2.24, 2.45) is 0 Å². The molecular weight excluding hydrogens is 386 g/mol. The molecule has 0 saturated heterocycles. The van der Waals surface area contributed by atoms with Crippen LogP contribution in [0.3, 0.4) is 0 Å². The highest BCUT2D eigenvalue weighted by Crippen LogP contribution is 2.36. The van der Waals surface area contributed by atoms with Crippen molar-refractivity contribution in [2.75, 3.05) is 19.1 Å². The molecule has 0 bridgehead atoms. The van der Waals surface area contributed by atoms with Crippen LogP contribution in [0, 0.1) is 0 Å². The standard InChI is InChI=1S/C19H22BrNO2S/c1-19(2,3)15-10-7-11-16(17(15)20)23-18(24)21(4)13-8-6-9-14(12-13)22-5/h6-12H,1-5H3. The first kappa shape index (κ1) is 18.7. The summed E-state index contributed by atoms with van der Waals surface area (Å²) in [4.78, 5) is 1.81. The lowest BCUT2D eigenvalue weighted by atomic mass is 9.87. The van der Waals surface area contributed by atoms with Gasteiger partial charge in [-0.25, -0.2) is 0 Å². The third-order valence-electron chi connectivity index (χ3n) is 3.68. The van der Waals surface area contributed by atoms with Crippen molar-refractivity contribution in [1.29, 1.82) is 0 Å². The van der Waals surface area contributed by atoms with Gasteiger partial charge in [-0.15, -0.1) is 0 Å². The Morgan fingerprint density at radius 3 is 2.42 bits per heavy atom. The summed E-state index contributed by atoms with van der Waals surface area (Å²) in [7, 11) is 3.52. The lowest BCUT2D eigenvalue weighted by molar-refractivity contribution is 0.415. The first-order valence-corrected chi connectivity index (χ1v) is 8.82. The molecule has 2 aromatic rings. The molecule has 0 amide bonds. The van der Waals surface area contributed by atoms with Gasteiger partial charge in [0.1, 0.15) is 11.5 Å². The van der Waals surface area contributed by atoms with E-state index in [9.17, 15) is 0 Å². The lowest BCUT2D eigenvalue weighted by Crippen LogP contribution is -2.29. The summed E-state index contributed by atoms with van der Waals surface area (Å²) in [5, 5.41) is 0.370. The van der Waals surface area contributed by atoms with Gasteiger partial charge >= 0.3 is 0 Å². The normalized spacial score (nSPS) is 11.1. The van der Waals surface area contributed by atoms with Gasteiger partial charge in [-0.1, -0.05) is 39.0 Å². The fourth-order valence-corrected chi connectivity index (χ4v) is 3.39. The van der Waals surface area contributed by atoms with Crippen LogP contribution >= 0.6 is 28.1 Å². The van der Waals surface area contributed by atoms with E-state index in [1.54, 1.807) is 7.11 Å². The molecule has 5 heteroatoms. The molecule has 0 fully saturated rings. The van der Waals surface area contributed by atoms with Gasteiger partial charge in [0.15, 0.2) is 0 Å². The summed E-state index contributed by atoms with van der Waals surface area (Å²) < 4.78 is 12.1. The highest BCUT2D eigenvalue weighted by molar-refractivity contribution is 9.10. The summed E-state index contributed by atoms with van der Waals surface area (Å²) in [5.41, 5.74) is 2.09. The molecule has 0 aromatic heterocycles. The predicted octanol–water partition coefficient (Wildman–Crippen LogP) is 5.56. The van der Waals surface area contributed by atoms with Crippen LogP contribution in [0.2, 0.25) is 0 Å². The average molecular weight is 408 g/mol. The van der Waals surface area contributed by atoms with Gasteiger partial charge < -0.3 is 14.4 Å². The van der Waals surface area contributed by atoms with Crippen molar-refractivity contribution in [2.45, 2.75) is 26.2 Å². The molecule has 0 heterocycles. The number of hydrogen-bond donors (Lipinski definition) is 0. The Bertz CT molecular complexity index is 740. The van der Waals surface area contributed by atoms with Gasteiger partial charge in [0.2, 0.25) is 0 Å². The molecule has 128 valence electrons. The fourth-order valence-electron chi connectivity index (χ4n) is 2.26. The number of halogens is 1. The van der Waals surface area contributed by atoms with E-state index >= 15 is 0 Å². The zero-order valence-corrected chi connectivity index (χ0v) is 17.0. The summed E-state index contributed by atoms with van der Waals surface area (Å²) in [6, 6.07) is 13.7. The van der Waals surface area contributed by atoms with E-state index < -0.39 is 0 Å². The first-order chi connectivity index (χ1) is 11.2. The maximum Gasteiger partial charge on any atom is 0.269 e. The van der Waals surface area contributed by atoms with Gasteiger partial charge in [0, 0.05) is 18.8 Å². The number of nitrogens with zero attached hydrogens (tertiary/aromatic N) is 1. The molecule has 0 spiro atoms. The Morgan fingerprint density at radius 1 is 1.12 bits per heavy atom. The molecule has 0 N–H and O–H groups in total. The molecule has 2 aromatic carbocycles. The third kappa shape index (κ3) is 4.28. The molecule has 24 heavy (non-hydrogen) atoms. The fraction of sp³-hybridized carbons (Fsp3) is 0.316. The highest BCUT2D eigenvalue weighted by Gasteiger charge is 2.20. The zero-order chi connectivity index (χ0) is 17.9. The number of hydrogen-bond acceptors (Lipinski definition) is 3. The van der Waals surface area contributed by atoms with Gasteiger partial charge in [0.25, 0.3) is 5.17 Å². The van der Waals surface area contributed by atoms with Crippen molar-refractivity contribution in [1.82, 2.24) is 0 Å². The van der Waals surface area contributed by atoms with Crippen molar-refractivity contribution < 1.29 is 9.47 Å². The molecular formula is C19H22BrNO2S. The van der Waals surface area contributed by atoms with E-state index in [4.69, 9.17) is 21.7 Å². The zero-order valence-electron chi connectivity index (χ0n) is 14.6. The molecule has 0 unspecified atom stereocenters. The van der Waals surface area contributed by atoms with Gasteiger partial charge in [-0.05, 0) is 57.3 Å². The second-order valence-corrected chi connectivity index (χ2v) is 7.64. The molecule has 0 aliphatic rings. The highest BCUT2D eigenvalue weighted by atomic mass is 79.9. The summed E-state index contributed by atoms with van der Waals surface area (Å²) >= 11 is 9.11. The molecule has 2 rings (SSSR count). The summed E-state index contributed by atoms with van der Waals surface area (Å²) in [5.74, 6) is 1.49. The Morgan fingerprint density at radius 2 is 1.79 bits per heavy atom.